The third-order valence-corrected chi connectivity index (χ3v) is 7.72. The number of nitrogens with zero attached hydrogens (tertiary/aromatic N) is 1. The number of nitrogens with one attached hydrogen (secondary N) is 2. The van der Waals surface area contributed by atoms with Crippen LogP contribution in [0.1, 0.15) is 58.4 Å². The molecule has 0 radical (unpaired) electrons. The minimum Gasteiger partial charge on any atom is -0.354 e. The van der Waals surface area contributed by atoms with Crippen LogP contribution in [0.3, 0.4) is 0 Å². The lowest BCUT2D eigenvalue weighted by Gasteiger charge is -2.32. The van der Waals surface area contributed by atoms with Crippen molar-refractivity contribution in [2.24, 2.45) is 11.8 Å². The quantitative estimate of drug-likeness (QED) is 0.535. The van der Waals surface area contributed by atoms with Crippen LogP contribution in [0.4, 0.5) is 0 Å². The number of carbonyl (C=O) groups excluding carboxylic acids is 2. The first-order chi connectivity index (χ1) is 14.7. The molecule has 1 unspecified atom stereocenters. The van der Waals surface area contributed by atoms with Gasteiger partial charge >= 0.3 is 0 Å². The number of unbranched alkanes of at least 4 members (excludes halogenated alkanes) is 2. The smallest absolute Gasteiger partial charge is 0.243 e. The van der Waals surface area contributed by atoms with Crippen LogP contribution in [0, 0.1) is 18.8 Å². The molecule has 1 aliphatic heterocycles. The topological polar surface area (TPSA) is 95.6 Å². The highest BCUT2D eigenvalue weighted by Crippen LogP contribution is 2.24. The first-order valence-electron chi connectivity index (χ1n) is 11.3. The SMILES string of the molecule is CCCCCNC(=O)C(NC(=O)C1CCN(S(=O)(=O)c2ccc(C)cc2)CC1)C(C)C. The highest BCUT2D eigenvalue weighted by Gasteiger charge is 2.34. The fourth-order valence-electron chi connectivity index (χ4n) is 3.72. The van der Waals surface area contributed by atoms with E-state index in [1.807, 2.05) is 20.8 Å². The second-order valence-electron chi connectivity index (χ2n) is 8.72. The Kier molecular flexibility index (Phi) is 9.50. The molecule has 31 heavy (non-hydrogen) atoms. The number of benzene rings is 1. The molecule has 1 saturated heterocycles. The lowest BCUT2D eigenvalue weighted by molar-refractivity contribution is -0.132. The van der Waals surface area contributed by atoms with Gasteiger partial charge in [-0.15, -0.1) is 0 Å². The van der Waals surface area contributed by atoms with E-state index in [1.165, 1.54) is 4.31 Å². The van der Waals surface area contributed by atoms with Crippen LogP contribution < -0.4 is 10.6 Å². The molecule has 1 heterocycles. The van der Waals surface area contributed by atoms with E-state index in [2.05, 4.69) is 17.6 Å². The Labute approximate surface area is 187 Å². The summed E-state index contributed by atoms with van der Waals surface area (Å²) in [6.07, 6.45) is 3.95. The zero-order chi connectivity index (χ0) is 23.0. The van der Waals surface area contributed by atoms with Crippen molar-refractivity contribution < 1.29 is 18.0 Å². The summed E-state index contributed by atoms with van der Waals surface area (Å²) in [7, 11) is -3.56. The van der Waals surface area contributed by atoms with Crippen molar-refractivity contribution >= 4 is 21.8 Å². The Morgan fingerprint density at radius 1 is 1.10 bits per heavy atom. The average Bonchev–Trinajstić information content (AvgIpc) is 2.75. The number of hydrogen-bond acceptors (Lipinski definition) is 4. The van der Waals surface area contributed by atoms with Crippen molar-refractivity contribution in [1.29, 1.82) is 0 Å². The third kappa shape index (κ3) is 7.04. The van der Waals surface area contributed by atoms with Crippen LogP contribution in [-0.2, 0) is 19.6 Å². The molecule has 0 bridgehead atoms. The van der Waals surface area contributed by atoms with E-state index >= 15 is 0 Å². The van der Waals surface area contributed by atoms with Crippen molar-refractivity contribution in [3.63, 3.8) is 0 Å². The molecular weight excluding hydrogens is 414 g/mol. The maximum absolute atomic E-state index is 12.9. The number of hydrogen-bond donors (Lipinski definition) is 2. The van der Waals surface area contributed by atoms with Crippen molar-refractivity contribution in [2.75, 3.05) is 19.6 Å². The number of carbonyl (C=O) groups is 2. The highest BCUT2D eigenvalue weighted by molar-refractivity contribution is 7.89. The van der Waals surface area contributed by atoms with Gasteiger partial charge in [0, 0.05) is 25.6 Å². The maximum atomic E-state index is 12.9. The van der Waals surface area contributed by atoms with E-state index in [0.717, 1.165) is 24.8 Å². The van der Waals surface area contributed by atoms with Crippen molar-refractivity contribution in [3.05, 3.63) is 29.8 Å². The Morgan fingerprint density at radius 3 is 2.26 bits per heavy atom. The van der Waals surface area contributed by atoms with E-state index < -0.39 is 16.1 Å². The molecule has 0 aromatic heterocycles. The summed E-state index contributed by atoms with van der Waals surface area (Å²) in [4.78, 5) is 25.6. The minimum absolute atomic E-state index is 0.0304. The zero-order valence-corrected chi connectivity index (χ0v) is 20.0. The maximum Gasteiger partial charge on any atom is 0.243 e. The van der Waals surface area contributed by atoms with Crippen LogP contribution >= 0.6 is 0 Å². The Hall–Kier alpha value is -1.93. The highest BCUT2D eigenvalue weighted by atomic mass is 32.2. The molecule has 0 saturated carbocycles. The predicted molar refractivity (Wildman–Crippen MR) is 122 cm³/mol. The van der Waals surface area contributed by atoms with Gasteiger partial charge in [0.05, 0.1) is 4.90 Å². The summed E-state index contributed by atoms with van der Waals surface area (Å²) in [6.45, 7) is 9.04. The molecule has 2 N–H and O–H groups in total. The minimum atomic E-state index is -3.56. The fourth-order valence-corrected chi connectivity index (χ4v) is 5.19. The van der Waals surface area contributed by atoms with Gasteiger partial charge in [-0.3, -0.25) is 9.59 Å². The molecular formula is C23H37N3O4S. The van der Waals surface area contributed by atoms with Gasteiger partial charge in [0.25, 0.3) is 0 Å². The molecule has 7 nitrogen and oxygen atoms in total. The van der Waals surface area contributed by atoms with Crippen LogP contribution in [-0.4, -0.2) is 50.2 Å². The van der Waals surface area contributed by atoms with E-state index in [-0.39, 0.29) is 28.5 Å². The number of sulfonamides is 1. The van der Waals surface area contributed by atoms with Crippen molar-refractivity contribution in [2.45, 2.75) is 70.7 Å². The van der Waals surface area contributed by atoms with Crippen molar-refractivity contribution in [3.8, 4) is 0 Å². The summed E-state index contributed by atoms with van der Waals surface area (Å²) >= 11 is 0. The van der Waals surface area contributed by atoms with Gasteiger partial charge in [0.2, 0.25) is 21.8 Å². The van der Waals surface area contributed by atoms with Gasteiger partial charge in [-0.1, -0.05) is 51.3 Å². The first-order valence-corrected chi connectivity index (χ1v) is 12.8. The molecule has 1 aromatic carbocycles. The molecule has 0 aliphatic carbocycles. The summed E-state index contributed by atoms with van der Waals surface area (Å²) in [6, 6.07) is 6.23. The van der Waals surface area contributed by atoms with Crippen molar-refractivity contribution in [1.82, 2.24) is 14.9 Å². The summed E-state index contributed by atoms with van der Waals surface area (Å²) < 4.78 is 27.1. The van der Waals surface area contributed by atoms with Gasteiger partial charge in [0.15, 0.2) is 0 Å². The largest absolute Gasteiger partial charge is 0.354 e. The predicted octanol–water partition coefficient (Wildman–Crippen LogP) is 2.84. The fraction of sp³-hybridized carbons (Fsp3) is 0.652. The Bertz CT molecular complexity index is 829. The molecule has 2 amide bonds. The van der Waals surface area contributed by atoms with Gasteiger partial charge in [0.1, 0.15) is 6.04 Å². The van der Waals surface area contributed by atoms with Crippen LogP contribution in [0.2, 0.25) is 0 Å². The number of piperidine rings is 1. The van der Waals surface area contributed by atoms with Gasteiger partial charge in [-0.05, 0) is 44.2 Å². The third-order valence-electron chi connectivity index (χ3n) is 5.81. The summed E-state index contributed by atoms with van der Waals surface area (Å²) in [5.74, 6) is -0.649. The van der Waals surface area contributed by atoms with Crippen LogP contribution in [0.25, 0.3) is 0 Å². The van der Waals surface area contributed by atoms with Gasteiger partial charge in [-0.25, -0.2) is 8.42 Å². The van der Waals surface area contributed by atoms with Gasteiger partial charge < -0.3 is 10.6 Å². The molecule has 1 atom stereocenters. The molecule has 1 fully saturated rings. The Balaban J connectivity index is 1.91. The molecule has 174 valence electrons. The molecule has 1 aliphatic rings. The Morgan fingerprint density at radius 2 is 1.71 bits per heavy atom. The standard InChI is InChI=1S/C23H37N3O4S/c1-5-6-7-14-24-23(28)21(17(2)3)25-22(27)19-12-15-26(16-13-19)31(29,30)20-10-8-18(4)9-11-20/h8-11,17,19,21H,5-7,12-16H2,1-4H3,(H,24,28)(H,25,27). The average molecular weight is 452 g/mol. The lowest BCUT2D eigenvalue weighted by Crippen LogP contribution is -2.52. The molecule has 2 rings (SSSR count). The summed E-state index contributed by atoms with van der Waals surface area (Å²) in [5.41, 5.74) is 1.00. The van der Waals surface area contributed by atoms with E-state index in [9.17, 15) is 18.0 Å². The van der Waals surface area contributed by atoms with Gasteiger partial charge in [-0.2, -0.15) is 4.31 Å². The second-order valence-corrected chi connectivity index (χ2v) is 10.7. The zero-order valence-electron chi connectivity index (χ0n) is 19.2. The van der Waals surface area contributed by atoms with E-state index in [1.54, 1.807) is 24.3 Å². The normalized spacial score (nSPS) is 16.8. The second kappa shape index (κ2) is 11.6. The monoisotopic (exact) mass is 451 g/mol. The molecule has 8 heteroatoms. The van der Waals surface area contributed by atoms with E-state index in [4.69, 9.17) is 0 Å². The number of amides is 2. The number of aryl methyl sites for hydroxylation is 1. The lowest BCUT2D eigenvalue weighted by atomic mass is 9.95. The molecule has 1 aromatic rings. The first kappa shape index (κ1) is 25.3. The molecule has 0 spiro atoms. The van der Waals surface area contributed by atoms with Crippen LogP contribution in [0.5, 0.6) is 0 Å². The number of rotatable bonds is 10. The van der Waals surface area contributed by atoms with Crippen LogP contribution in [0.15, 0.2) is 29.2 Å². The van der Waals surface area contributed by atoms with E-state index in [0.29, 0.717) is 32.5 Å². The summed E-state index contributed by atoms with van der Waals surface area (Å²) in [5, 5.41) is 5.81.